The van der Waals surface area contributed by atoms with Crippen molar-refractivity contribution in [2.75, 3.05) is 0 Å². The maximum absolute atomic E-state index is 13.5. The van der Waals surface area contributed by atoms with Crippen molar-refractivity contribution in [2.45, 2.75) is 20.0 Å². The van der Waals surface area contributed by atoms with Gasteiger partial charge in [0, 0.05) is 10.0 Å². The van der Waals surface area contributed by atoms with Crippen LogP contribution in [0.15, 0.2) is 40.9 Å². The predicted octanol–water partition coefficient (Wildman–Crippen LogP) is 4.74. The summed E-state index contributed by atoms with van der Waals surface area (Å²) in [5.41, 5.74) is 0.914. The zero-order valence-corrected chi connectivity index (χ0v) is 12.2. The number of benzene rings is 2. The zero-order valence-electron chi connectivity index (χ0n) is 10.7. The SMILES string of the molecule is Cc1cc(Oc2cccc(Br)c2)c(C(C)O)cc1F. The molecule has 2 rings (SSSR count). The summed E-state index contributed by atoms with van der Waals surface area (Å²) in [4.78, 5) is 0. The molecule has 2 aromatic rings. The van der Waals surface area contributed by atoms with E-state index in [1.165, 1.54) is 6.07 Å². The van der Waals surface area contributed by atoms with Gasteiger partial charge in [-0.1, -0.05) is 22.0 Å². The molecule has 0 saturated heterocycles. The van der Waals surface area contributed by atoms with Gasteiger partial charge in [0.15, 0.2) is 0 Å². The van der Waals surface area contributed by atoms with E-state index in [0.717, 1.165) is 4.47 Å². The fourth-order valence-electron chi connectivity index (χ4n) is 1.74. The summed E-state index contributed by atoms with van der Waals surface area (Å²) in [6.07, 6.45) is -0.794. The Morgan fingerprint density at radius 3 is 2.63 bits per heavy atom. The maximum atomic E-state index is 13.5. The van der Waals surface area contributed by atoms with E-state index < -0.39 is 6.10 Å². The first kappa shape index (κ1) is 14.0. The van der Waals surface area contributed by atoms with E-state index in [0.29, 0.717) is 22.6 Å². The van der Waals surface area contributed by atoms with E-state index in [2.05, 4.69) is 15.9 Å². The van der Waals surface area contributed by atoms with Gasteiger partial charge in [-0.2, -0.15) is 0 Å². The Balaban J connectivity index is 2.41. The van der Waals surface area contributed by atoms with Gasteiger partial charge in [0.05, 0.1) is 6.10 Å². The minimum atomic E-state index is -0.794. The van der Waals surface area contributed by atoms with Gasteiger partial charge in [-0.15, -0.1) is 0 Å². The molecule has 4 heteroatoms. The summed E-state index contributed by atoms with van der Waals surface area (Å²) >= 11 is 3.36. The zero-order chi connectivity index (χ0) is 14.0. The molecule has 0 aliphatic rings. The summed E-state index contributed by atoms with van der Waals surface area (Å²) in [7, 11) is 0. The molecule has 19 heavy (non-hydrogen) atoms. The number of hydrogen-bond donors (Lipinski definition) is 1. The van der Waals surface area contributed by atoms with Gasteiger partial charge in [0.25, 0.3) is 0 Å². The van der Waals surface area contributed by atoms with Crippen molar-refractivity contribution in [1.29, 1.82) is 0 Å². The molecule has 1 unspecified atom stereocenters. The van der Waals surface area contributed by atoms with Crippen LogP contribution in [0.5, 0.6) is 11.5 Å². The minimum absolute atomic E-state index is 0.350. The quantitative estimate of drug-likeness (QED) is 0.883. The molecule has 2 aromatic carbocycles. The predicted molar refractivity (Wildman–Crippen MR) is 76.0 cm³/mol. The van der Waals surface area contributed by atoms with E-state index >= 15 is 0 Å². The first-order valence-corrected chi connectivity index (χ1v) is 6.68. The van der Waals surface area contributed by atoms with Crippen LogP contribution in [0.1, 0.15) is 24.2 Å². The number of halogens is 2. The molecule has 0 aliphatic carbocycles. The number of hydrogen-bond acceptors (Lipinski definition) is 2. The fourth-order valence-corrected chi connectivity index (χ4v) is 2.12. The Hall–Kier alpha value is -1.39. The molecular formula is C15H14BrFO2. The first-order chi connectivity index (χ1) is 8.97. The minimum Gasteiger partial charge on any atom is -0.457 e. The van der Waals surface area contributed by atoms with Crippen molar-refractivity contribution in [3.05, 3.63) is 57.8 Å². The Kier molecular flexibility index (Phi) is 4.22. The molecular weight excluding hydrogens is 311 g/mol. The van der Waals surface area contributed by atoms with Crippen LogP contribution in [-0.4, -0.2) is 5.11 Å². The summed E-state index contributed by atoms with van der Waals surface area (Å²) in [5.74, 6) is 0.742. The third-order valence-corrected chi connectivity index (χ3v) is 3.26. The van der Waals surface area contributed by atoms with Crippen LogP contribution >= 0.6 is 15.9 Å². The Morgan fingerprint density at radius 2 is 2.00 bits per heavy atom. The number of ether oxygens (including phenoxy) is 1. The molecule has 0 spiro atoms. The molecule has 0 radical (unpaired) electrons. The number of aryl methyl sites for hydroxylation is 1. The molecule has 1 atom stereocenters. The normalized spacial score (nSPS) is 12.3. The van der Waals surface area contributed by atoms with E-state index in [9.17, 15) is 9.50 Å². The van der Waals surface area contributed by atoms with Gasteiger partial charge >= 0.3 is 0 Å². The Labute approximate surface area is 120 Å². The average Bonchev–Trinajstić information content (AvgIpc) is 2.33. The second kappa shape index (κ2) is 5.72. The largest absolute Gasteiger partial charge is 0.457 e. The molecule has 0 heterocycles. The van der Waals surface area contributed by atoms with E-state index in [1.54, 1.807) is 26.0 Å². The van der Waals surface area contributed by atoms with Crippen molar-refractivity contribution >= 4 is 15.9 Å². The fraction of sp³-hybridized carbons (Fsp3) is 0.200. The van der Waals surface area contributed by atoms with E-state index in [1.807, 2.05) is 18.2 Å². The summed E-state index contributed by atoms with van der Waals surface area (Å²) < 4.78 is 20.2. The lowest BCUT2D eigenvalue weighted by Crippen LogP contribution is -1.99. The highest BCUT2D eigenvalue weighted by molar-refractivity contribution is 9.10. The molecule has 100 valence electrons. The highest BCUT2D eigenvalue weighted by Crippen LogP contribution is 2.32. The molecule has 0 bridgehead atoms. The highest BCUT2D eigenvalue weighted by Gasteiger charge is 2.13. The average molecular weight is 325 g/mol. The molecule has 0 aromatic heterocycles. The lowest BCUT2D eigenvalue weighted by atomic mass is 10.1. The third-order valence-electron chi connectivity index (χ3n) is 2.77. The molecule has 0 amide bonds. The van der Waals surface area contributed by atoms with Crippen LogP contribution in [0.2, 0.25) is 0 Å². The van der Waals surface area contributed by atoms with Crippen molar-refractivity contribution in [2.24, 2.45) is 0 Å². The second-order valence-corrected chi connectivity index (χ2v) is 5.29. The maximum Gasteiger partial charge on any atom is 0.133 e. The van der Waals surface area contributed by atoms with Crippen molar-refractivity contribution in [3.8, 4) is 11.5 Å². The molecule has 2 nitrogen and oxygen atoms in total. The van der Waals surface area contributed by atoms with Crippen LogP contribution in [0.25, 0.3) is 0 Å². The van der Waals surface area contributed by atoms with Crippen LogP contribution in [0.3, 0.4) is 0 Å². The molecule has 0 fully saturated rings. The number of rotatable bonds is 3. The van der Waals surface area contributed by atoms with E-state index in [-0.39, 0.29) is 5.82 Å². The van der Waals surface area contributed by atoms with Crippen molar-refractivity contribution < 1.29 is 14.2 Å². The van der Waals surface area contributed by atoms with Gasteiger partial charge in [-0.25, -0.2) is 4.39 Å². The molecule has 0 aliphatic heterocycles. The Bertz CT molecular complexity index is 597. The summed E-state index contributed by atoms with van der Waals surface area (Å²) in [6, 6.07) is 10.3. The first-order valence-electron chi connectivity index (χ1n) is 5.89. The van der Waals surface area contributed by atoms with Crippen LogP contribution in [-0.2, 0) is 0 Å². The van der Waals surface area contributed by atoms with Gasteiger partial charge in [-0.3, -0.25) is 0 Å². The standard InChI is InChI=1S/C15H14BrFO2/c1-9-6-15(13(10(2)18)8-14(9)17)19-12-5-3-4-11(16)7-12/h3-8,10,18H,1-2H3. The van der Waals surface area contributed by atoms with Crippen LogP contribution in [0.4, 0.5) is 4.39 Å². The van der Waals surface area contributed by atoms with Crippen LogP contribution < -0.4 is 4.74 Å². The molecule has 0 saturated carbocycles. The molecule has 1 N–H and O–H groups in total. The van der Waals surface area contributed by atoms with Gasteiger partial charge in [-0.05, 0) is 49.7 Å². The monoisotopic (exact) mass is 324 g/mol. The van der Waals surface area contributed by atoms with Crippen LogP contribution in [0, 0.1) is 12.7 Å². The van der Waals surface area contributed by atoms with Crippen molar-refractivity contribution in [1.82, 2.24) is 0 Å². The summed E-state index contributed by atoms with van der Waals surface area (Å²) in [6.45, 7) is 3.24. The van der Waals surface area contributed by atoms with Gasteiger partial charge < -0.3 is 9.84 Å². The number of aliphatic hydroxyl groups excluding tert-OH is 1. The lowest BCUT2D eigenvalue weighted by Gasteiger charge is -2.14. The number of aliphatic hydroxyl groups is 1. The Morgan fingerprint density at radius 1 is 1.26 bits per heavy atom. The third kappa shape index (κ3) is 3.33. The highest BCUT2D eigenvalue weighted by atomic mass is 79.9. The smallest absolute Gasteiger partial charge is 0.133 e. The van der Waals surface area contributed by atoms with Crippen molar-refractivity contribution in [3.63, 3.8) is 0 Å². The lowest BCUT2D eigenvalue weighted by molar-refractivity contribution is 0.195. The summed E-state index contributed by atoms with van der Waals surface area (Å²) in [5, 5.41) is 9.70. The topological polar surface area (TPSA) is 29.5 Å². The van der Waals surface area contributed by atoms with Gasteiger partial charge in [0.2, 0.25) is 0 Å². The van der Waals surface area contributed by atoms with E-state index in [4.69, 9.17) is 4.74 Å². The van der Waals surface area contributed by atoms with Gasteiger partial charge in [0.1, 0.15) is 17.3 Å². The second-order valence-electron chi connectivity index (χ2n) is 4.37.